The van der Waals surface area contributed by atoms with E-state index in [1.54, 1.807) is 13.2 Å². The van der Waals surface area contributed by atoms with Crippen LogP contribution in [0.25, 0.3) is 0 Å². The predicted octanol–water partition coefficient (Wildman–Crippen LogP) is 0.404. The molecule has 0 spiro atoms. The zero-order chi connectivity index (χ0) is 14.4. The molecule has 0 atom stereocenters. The SMILES string of the molecule is COc1ccccc1/C=N\NC(=O)Cc1cc(=O)[nH][nH]1. The summed E-state index contributed by atoms with van der Waals surface area (Å²) in [5.41, 5.74) is 3.36. The van der Waals surface area contributed by atoms with Gasteiger partial charge in [-0.3, -0.25) is 14.7 Å². The molecule has 1 aromatic heterocycles. The van der Waals surface area contributed by atoms with Crippen molar-refractivity contribution in [3.63, 3.8) is 0 Å². The summed E-state index contributed by atoms with van der Waals surface area (Å²) in [5.74, 6) is 0.340. The van der Waals surface area contributed by atoms with Gasteiger partial charge in [0.2, 0.25) is 5.91 Å². The Morgan fingerprint density at radius 2 is 2.20 bits per heavy atom. The summed E-state index contributed by atoms with van der Waals surface area (Å²) >= 11 is 0. The van der Waals surface area contributed by atoms with Gasteiger partial charge in [0, 0.05) is 17.3 Å². The molecule has 0 bridgehead atoms. The first kappa shape index (κ1) is 13.6. The van der Waals surface area contributed by atoms with Gasteiger partial charge in [0.05, 0.1) is 19.7 Å². The number of hydrogen-bond acceptors (Lipinski definition) is 4. The van der Waals surface area contributed by atoms with Crippen LogP contribution in [0.3, 0.4) is 0 Å². The van der Waals surface area contributed by atoms with Crippen LogP contribution in [0, 0.1) is 0 Å². The van der Waals surface area contributed by atoms with E-state index in [9.17, 15) is 9.59 Å². The van der Waals surface area contributed by atoms with Gasteiger partial charge in [-0.15, -0.1) is 0 Å². The third-order valence-corrected chi connectivity index (χ3v) is 2.53. The number of benzene rings is 1. The number of hydrazone groups is 1. The van der Waals surface area contributed by atoms with Crippen LogP contribution in [0.5, 0.6) is 5.75 Å². The first-order valence-electron chi connectivity index (χ1n) is 5.90. The van der Waals surface area contributed by atoms with Gasteiger partial charge in [0.25, 0.3) is 5.56 Å². The number of ether oxygens (including phenoxy) is 1. The molecule has 0 unspecified atom stereocenters. The number of carbonyl (C=O) groups excluding carboxylic acids is 1. The maximum absolute atomic E-state index is 11.6. The third-order valence-electron chi connectivity index (χ3n) is 2.53. The largest absolute Gasteiger partial charge is 0.496 e. The number of aromatic amines is 2. The van der Waals surface area contributed by atoms with E-state index in [1.807, 2.05) is 18.2 Å². The van der Waals surface area contributed by atoms with Crippen LogP contribution in [0.15, 0.2) is 40.2 Å². The Hall–Kier alpha value is -2.83. The molecular formula is C13H14N4O3. The zero-order valence-corrected chi connectivity index (χ0v) is 10.8. The number of H-pyrrole nitrogens is 2. The Balaban J connectivity index is 1.92. The quantitative estimate of drug-likeness (QED) is 0.543. The van der Waals surface area contributed by atoms with Crippen LogP contribution in [-0.2, 0) is 11.2 Å². The lowest BCUT2D eigenvalue weighted by atomic mass is 10.2. The van der Waals surface area contributed by atoms with Crippen molar-refractivity contribution < 1.29 is 9.53 Å². The van der Waals surface area contributed by atoms with E-state index in [0.29, 0.717) is 11.4 Å². The molecule has 0 saturated heterocycles. The molecule has 1 aromatic carbocycles. The van der Waals surface area contributed by atoms with Crippen molar-refractivity contribution >= 4 is 12.1 Å². The van der Waals surface area contributed by atoms with Crippen molar-refractivity contribution in [1.29, 1.82) is 0 Å². The van der Waals surface area contributed by atoms with Crippen molar-refractivity contribution in [3.8, 4) is 5.75 Å². The molecule has 1 heterocycles. The van der Waals surface area contributed by atoms with Crippen molar-refractivity contribution in [2.45, 2.75) is 6.42 Å². The molecule has 2 rings (SSSR count). The van der Waals surface area contributed by atoms with Crippen LogP contribution in [-0.4, -0.2) is 29.4 Å². The smallest absolute Gasteiger partial charge is 0.264 e. The summed E-state index contributed by atoms with van der Waals surface area (Å²) in [5, 5.41) is 8.79. The Morgan fingerprint density at radius 1 is 1.40 bits per heavy atom. The summed E-state index contributed by atoms with van der Waals surface area (Å²) in [7, 11) is 1.56. The van der Waals surface area contributed by atoms with Gasteiger partial charge in [-0.2, -0.15) is 5.10 Å². The second-order valence-electron chi connectivity index (χ2n) is 4.00. The van der Waals surface area contributed by atoms with Gasteiger partial charge < -0.3 is 9.84 Å². The minimum absolute atomic E-state index is 0.0437. The molecule has 1 amide bonds. The fraction of sp³-hybridized carbons (Fsp3) is 0.154. The molecule has 0 radical (unpaired) electrons. The topological polar surface area (TPSA) is 99.3 Å². The molecule has 20 heavy (non-hydrogen) atoms. The van der Waals surface area contributed by atoms with Crippen molar-refractivity contribution in [1.82, 2.24) is 15.6 Å². The molecule has 2 aromatic rings. The lowest BCUT2D eigenvalue weighted by Crippen LogP contribution is -2.20. The van der Waals surface area contributed by atoms with Crippen LogP contribution in [0.4, 0.5) is 0 Å². The molecule has 3 N–H and O–H groups in total. The van der Waals surface area contributed by atoms with Crippen LogP contribution >= 0.6 is 0 Å². The third kappa shape index (κ3) is 3.58. The number of nitrogens with zero attached hydrogens (tertiary/aromatic N) is 1. The fourth-order valence-electron chi connectivity index (χ4n) is 1.63. The molecule has 104 valence electrons. The number of aromatic nitrogens is 2. The van der Waals surface area contributed by atoms with Gasteiger partial charge in [-0.05, 0) is 12.1 Å². The first-order valence-corrected chi connectivity index (χ1v) is 5.90. The van der Waals surface area contributed by atoms with Crippen molar-refractivity contribution in [2.24, 2.45) is 5.10 Å². The zero-order valence-electron chi connectivity index (χ0n) is 10.8. The average molecular weight is 274 g/mol. The monoisotopic (exact) mass is 274 g/mol. The molecule has 7 nitrogen and oxygen atoms in total. The average Bonchev–Trinajstić information content (AvgIpc) is 2.84. The molecule has 0 aliphatic heterocycles. The highest BCUT2D eigenvalue weighted by Crippen LogP contribution is 2.14. The molecule has 0 aliphatic rings. The maximum atomic E-state index is 11.6. The van der Waals surface area contributed by atoms with Gasteiger partial charge >= 0.3 is 0 Å². The second kappa shape index (κ2) is 6.37. The number of methoxy groups -OCH3 is 1. The number of nitrogens with one attached hydrogen (secondary N) is 3. The molecule has 7 heteroatoms. The number of carbonyl (C=O) groups is 1. The number of hydrogen-bond donors (Lipinski definition) is 3. The normalized spacial score (nSPS) is 10.7. The van der Waals surface area contributed by atoms with Crippen molar-refractivity contribution in [2.75, 3.05) is 7.11 Å². The predicted molar refractivity (Wildman–Crippen MR) is 73.8 cm³/mol. The second-order valence-corrected chi connectivity index (χ2v) is 4.00. The van der Waals surface area contributed by atoms with Crippen LogP contribution < -0.4 is 15.7 Å². The number of rotatable bonds is 5. The Kier molecular flexibility index (Phi) is 4.33. The van der Waals surface area contributed by atoms with E-state index in [2.05, 4.69) is 20.7 Å². The molecular weight excluding hydrogens is 260 g/mol. The van der Waals surface area contributed by atoms with Gasteiger partial charge in [-0.1, -0.05) is 12.1 Å². The minimum atomic E-state index is -0.327. The Bertz CT molecular complexity index is 672. The summed E-state index contributed by atoms with van der Waals surface area (Å²) in [6.07, 6.45) is 1.54. The summed E-state index contributed by atoms with van der Waals surface area (Å²) < 4.78 is 5.15. The van der Waals surface area contributed by atoms with E-state index >= 15 is 0 Å². The first-order chi connectivity index (χ1) is 9.69. The van der Waals surface area contributed by atoms with E-state index in [1.165, 1.54) is 12.3 Å². The summed E-state index contributed by atoms with van der Waals surface area (Å²) in [6.45, 7) is 0. The minimum Gasteiger partial charge on any atom is -0.496 e. The van der Waals surface area contributed by atoms with Gasteiger partial charge in [0.15, 0.2) is 0 Å². The fourth-order valence-corrected chi connectivity index (χ4v) is 1.63. The van der Waals surface area contributed by atoms with Gasteiger partial charge in [0.1, 0.15) is 5.75 Å². The summed E-state index contributed by atoms with van der Waals surface area (Å²) in [4.78, 5) is 22.5. The highest BCUT2D eigenvalue weighted by molar-refractivity contribution is 5.85. The van der Waals surface area contributed by atoms with E-state index in [0.717, 1.165) is 5.56 Å². The molecule has 0 aliphatic carbocycles. The molecule has 0 saturated carbocycles. The van der Waals surface area contributed by atoms with E-state index in [-0.39, 0.29) is 17.9 Å². The van der Waals surface area contributed by atoms with Crippen molar-refractivity contribution in [3.05, 3.63) is 51.9 Å². The highest BCUT2D eigenvalue weighted by Gasteiger charge is 2.04. The van der Waals surface area contributed by atoms with Crippen LogP contribution in [0.2, 0.25) is 0 Å². The number of amides is 1. The van der Waals surface area contributed by atoms with Crippen LogP contribution in [0.1, 0.15) is 11.3 Å². The van der Waals surface area contributed by atoms with E-state index < -0.39 is 0 Å². The summed E-state index contributed by atoms with van der Waals surface area (Å²) in [6, 6.07) is 8.63. The lowest BCUT2D eigenvalue weighted by Gasteiger charge is -2.03. The lowest BCUT2D eigenvalue weighted by molar-refractivity contribution is -0.120. The Morgan fingerprint density at radius 3 is 2.90 bits per heavy atom. The Labute approximate surface area is 114 Å². The number of para-hydroxylation sites is 1. The van der Waals surface area contributed by atoms with E-state index in [4.69, 9.17) is 4.74 Å². The molecule has 0 fully saturated rings. The standard InChI is InChI=1S/C13H14N4O3/c1-20-11-5-3-2-4-9(11)8-14-16-12(18)6-10-7-13(19)17-15-10/h2-5,7-8H,6H2,1H3,(H,16,18)(H2,15,17,19)/b14-8-. The maximum Gasteiger partial charge on any atom is 0.264 e. The highest BCUT2D eigenvalue weighted by atomic mass is 16.5. The van der Waals surface area contributed by atoms with Gasteiger partial charge in [-0.25, -0.2) is 5.43 Å².